The van der Waals surface area contributed by atoms with Crippen LogP contribution in [0.5, 0.6) is 0 Å². The van der Waals surface area contributed by atoms with Gasteiger partial charge in [0, 0.05) is 18.3 Å². The lowest BCUT2D eigenvalue weighted by atomic mass is 10.3. The molecule has 6 heteroatoms. The lowest BCUT2D eigenvalue weighted by molar-refractivity contribution is -0.422. The van der Waals surface area contributed by atoms with E-state index in [4.69, 9.17) is 0 Å². The third kappa shape index (κ3) is 1.99. The molecule has 1 fully saturated rings. The molecule has 0 unspecified atom stereocenters. The summed E-state index contributed by atoms with van der Waals surface area (Å²) in [6.07, 6.45) is 5.95. The van der Waals surface area contributed by atoms with Gasteiger partial charge in [-0.1, -0.05) is 0 Å². The van der Waals surface area contributed by atoms with Gasteiger partial charge in [0.05, 0.1) is 0 Å². The molecule has 0 spiro atoms. The van der Waals surface area contributed by atoms with Crippen molar-refractivity contribution < 1.29 is 5.73 Å². The van der Waals surface area contributed by atoms with E-state index < -0.39 is 0 Å². The Hall–Kier alpha value is -1.82. The Kier molecular flexibility index (Phi) is 2.59. The van der Waals surface area contributed by atoms with Crippen molar-refractivity contribution in [3.63, 3.8) is 0 Å². The predicted octanol–water partition coefficient (Wildman–Crippen LogP) is 0.546. The second-order valence-electron chi connectivity index (χ2n) is 4.98. The molecule has 3 rings (SSSR count). The number of aryl methyl sites for hydroxylation is 1. The average Bonchev–Trinajstić information content (AvgIpc) is 3.09. The molecule has 2 heterocycles. The van der Waals surface area contributed by atoms with Crippen LogP contribution >= 0.6 is 0 Å². The molecule has 3 N–H and O–H groups in total. The lowest BCUT2D eigenvalue weighted by Gasteiger charge is -2.04. The van der Waals surface area contributed by atoms with E-state index >= 15 is 0 Å². The topological polar surface area (TPSA) is 84.1 Å². The number of hydrogen-bond donors (Lipinski definition) is 1. The molecule has 1 saturated carbocycles. The molecular formula is C12H17N6+. The first kappa shape index (κ1) is 11.3. The highest BCUT2D eigenvalue weighted by atomic mass is 15.4. The molecule has 0 radical (unpaired) electrons. The van der Waals surface area contributed by atoms with Gasteiger partial charge in [-0.05, 0) is 32.3 Å². The van der Waals surface area contributed by atoms with Gasteiger partial charge in [0.15, 0.2) is 11.6 Å². The molecule has 94 valence electrons. The second kappa shape index (κ2) is 4.13. The van der Waals surface area contributed by atoms with Gasteiger partial charge in [-0.2, -0.15) is 4.68 Å². The maximum Gasteiger partial charge on any atom is 0.252 e. The summed E-state index contributed by atoms with van der Waals surface area (Å²) < 4.78 is 1.73. The Morgan fingerprint density at radius 3 is 2.56 bits per heavy atom. The molecule has 18 heavy (non-hydrogen) atoms. The molecule has 6 nitrogen and oxygen atoms in total. The lowest BCUT2D eigenvalue weighted by Crippen LogP contribution is -2.52. The molecule has 0 saturated heterocycles. The monoisotopic (exact) mass is 245 g/mol. The Labute approximate surface area is 105 Å². The smallest absolute Gasteiger partial charge is 0.252 e. The number of aromatic nitrogens is 5. The van der Waals surface area contributed by atoms with E-state index in [0.717, 1.165) is 17.2 Å². The second-order valence-corrected chi connectivity index (χ2v) is 4.98. The first-order valence-corrected chi connectivity index (χ1v) is 6.24. The van der Waals surface area contributed by atoms with Crippen LogP contribution in [0.15, 0.2) is 12.4 Å². The SMILES string of the molecule is Cc1cnc(-n2nc(C3CC3)nc2[C@H](C)[NH3+])nc1. The predicted molar refractivity (Wildman–Crippen MR) is 65.0 cm³/mol. The average molecular weight is 245 g/mol. The van der Waals surface area contributed by atoms with Gasteiger partial charge in [0.1, 0.15) is 6.04 Å². The summed E-state index contributed by atoms with van der Waals surface area (Å²) in [6, 6.07) is 0.0647. The third-order valence-electron chi connectivity index (χ3n) is 2.99. The first-order valence-electron chi connectivity index (χ1n) is 6.24. The van der Waals surface area contributed by atoms with Crippen LogP contribution in [0.4, 0.5) is 0 Å². The van der Waals surface area contributed by atoms with Crippen molar-refractivity contribution in [1.29, 1.82) is 0 Å². The highest BCUT2D eigenvalue weighted by molar-refractivity contribution is 5.17. The van der Waals surface area contributed by atoms with Crippen molar-refractivity contribution in [3.8, 4) is 5.95 Å². The van der Waals surface area contributed by atoms with Gasteiger partial charge in [-0.3, -0.25) is 0 Å². The van der Waals surface area contributed by atoms with Crippen LogP contribution in [-0.4, -0.2) is 24.7 Å². The van der Waals surface area contributed by atoms with Crippen LogP contribution in [0.2, 0.25) is 0 Å². The van der Waals surface area contributed by atoms with E-state index in [-0.39, 0.29) is 6.04 Å². The zero-order valence-corrected chi connectivity index (χ0v) is 10.7. The highest BCUT2D eigenvalue weighted by Crippen LogP contribution is 2.38. The molecule has 0 bridgehead atoms. The Balaban J connectivity index is 2.05. The van der Waals surface area contributed by atoms with E-state index in [2.05, 4.69) is 25.8 Å². The fourth-order valence-corrected chi connectivity index (χ4v) is 1.82. The third-order valence-corrected chi connectivity index (χ3v) is 2.99. The van der Waals surface area contributed by atoms with Gasteiger partial charge >= 0.3 is 0 Å². The zero-order valence-electron chi connectivity index (χ0n) is 10.7. The van der Waals surface area contributed by atoms with Crippen molar-refractivity contribution in [2.75, 3.05) is 0 Å². The Morgan fingerprint density at radius 1 is 1.33 bits per heavy atom. The molecule has 2 aromatic heterocycles. The van der Waals surface area contributed by atoms with Gasteiger partial charge in [0.2, 0.25) is 0 Å². The summed E-state index contributed by atoms with van der Waals surface area (Å²) in [7, 11) is 0. The van der Waals surface area contributed by atoms with Gasteiger partial charge in [0.25, 0.3) is 5.95 Å². The quantitative estimate of drug-likeness (QED) is 0.855. The number of nitrogens with zero attached hydrogens (tertiary/aromatic N) is 5. The summed E-state index contributed by atoms with van der Waals surface area (Å²) in [4.78, 5) is 13.2. The Morgan fingerprint density at radius 2 is 2.00 bits per heavy atom. The van der Waals surface area contributed by atoms with Crippen molar-refractivity contribution >= 4 is 0 Å². The first-order chi connectivity index (χ1) is 8.65. The minimum atomic E-state index is 0.0647. The normalized spacial score (nSPS) is 16.8. The number of quaternary nitrogens is 1. The molecular weight excluding hydrogens is 228 g/mol. The van der Waals surface area contributed by atoms with Crippen LogP contribution in [0.3, 0.4) is 0 Å². The molecule has 0 aromatic carbocycles. The van der Waals surface area contributed by atoms with Crippen LogP contribution in [0.1, 0.15) is 48.9 Å². The molecule has 1 atom stereocenters. The van der Waals surface area contributed by atoms with Gasteiger partial charge in [-0.25, -0.2) is 15.0 Å². The highest BCUT2D eigenvalue weighted by Gasteiger charge is 2.30. The number of rotatable bonds is 3. The summed E-state index contributed by atoms with van der Waals surface area (Å²) in [5, 5.41) is 4.53. The van der Waals surface area contributed by atoms with Crippen LogP contribution in [-0.2, 0) is 0 Å². The van der Waals surface area contributed by atoms with Gasteiger partial charge < -0.3 is 5.73 Å². The summed E-state index contributed by atoms with van der Waals surface area (Å²) in [5.74, 6) is 2.84. The Bertz CT molecular complexity index is 552. The van der Waals surface area contributed by atoms with Crippen molar-refractivity contribution in [2.45, 2.75) is 38.6 Å². The van der Waals surface area contributed by atoms with Crippen LogP contribution in [0.25, 0.3) is 5.95 Å². The zero-order chi connectivity index (χ0) is 12.7. The minimum absolute atomic E-state index is 0.0647. The fourth-order valence-electron chi connectivity index (χ4n) is 1.82. The summed E-state index contributed by atoms with van der Waals surface area (Å²) >= 11 is 0. The molecule has 0 aliphatic heterocycles. The molecule has 1 aliphatic rings. The maximum absolute atomic E-state index is 4.58. The number of hydrogen-bond acceptors (Lipinski definition) is 4. The van der Waals surface area contributed by atoms with Gasteiger partial charge in [-0.15, -0.1) is 5.10 Å². The molecule has 0 amide bonds. The summed E-state index contributed by atoms with van der Waals surface area (Å²) in [6.45, 7) is 3.97. The van der Waals surface area contributed by atoms with E-state index in [9.17, 15) is 0 Å². The van der Waals surface area contributed by atoms with Crippen LogP contribution in [0, 0.1) is 6.92 Å². The molecule has 2 aromatic rings. The fraction of sp³-hybridized carbons (Fsp3) is 0.500. The molecule has 1 aliphatic carbocycles. The standard InChI is InChI=1S/C12H16N6/c1-7-5-14-12(15-6-7)18-11(8(2)13)16-10(17-18)9-3-4-9/h5-6,8-9H,3-4,13H2,1-2H3/p+1/t8-/m0/s1. The van der Waals surface area contributed by atoms with Crippen molar-refractivity contribution in [1.82, 2.24) is 24.7 Å². The van der Waals surface area contributed by atoms with E-state index in [0.29, 0.717) is 11.9 Å². The maximum atomic E-state index is 4.58. The van der Waals surface area contributed by atoms with Crippen LogP contribution < -0.4 is 5.73 Å². The van der Waals surface area contributed by atoms with Crippen molar-refractivity contribution in [3.05, 3.63) is 29.6 Å². The minimum Gasteiger partial charge on any atom is -0.349 e. The van der Waals surface area contributed by atoms with E-state index in [1.54, 1.807) is 17.1 Å². The summed E-state index contributed by atoms with van der Waals surface area (Å²) in [5.41, 5.74) is 5.06. The van der Waals surface area contributed by atoms with E-state index in [1.807, 2.05) is 13.8 Å². The van der Waals surface area contributed by atoms with E-state index in [1.165, 1.54) is 12.8 Å². The largest absolute Gasteiger partial charge is 0.349 e. The van der Waals surface area contributed by atoms with Crippen molar-refractivity contribution in [2.24, 2.45) is 0 Å².